The van der Waals surface area contributed by atoms with Gasteiger partial charge in [0.05, 0.1) is 18.5 Å². The number of phenols is 1. The van der Waals surface area contributed by atoms with E-state index in [0.717, 1.165) is 5.56 Å². The molecule has 0 amide bonds. The predicted octanol–water partition coefficient (Wildman–Crippen LogP) is 3.74. The van der Waals surface area contributed by atoms with E-state index in [4.69, 9.17) is 10.7 Å². The SMILES string of the molecule is CC(CC(C)(C)O)Nc1nc(NCc2cc(N)ccc2O)c2ncn(Cc3ccccc3)c2n1. The fraction of sp³-hybridized carbons (Fsp3) is 0.320. The molecule has 0 spiro atoms. The van der Waals surface area contributed by atoms with E-state index in [2.05, 4.69) is 32.7 Å². The lowest BCUT2D eigenvalue weighted by Crippen LogP contribution is -2.29. The van der Waals surface area contributed by atoms with Crippen molar-refractivity contribution in [1.82, 2.24) is 19.5 Å². The summed E-state index contributed by atoms with van der Waals surface area (Å²) in [7, 11) is 0. The highest BCUT2D eigenvalue weighted by Gasteiger charge is 2.20. The Balaban J connectivity index is 1.68. The maximum Gasteiger partial charge on any atom is 0.226 e. The minimum atomic E-state index is -0.822. The molecule has 1 atom stereocenters. The van der Waals surface area contributed by atoms with Gasteiger partial charge >= 0.3 is 0 Å². The number of benzene rings is 2. The Bertz CT molecular complexity index is 1270. The number of nitrogens with one attached hydrogen (secondary N) is 2. The van der Waals surface area contributed by atoms with Gasteiger partial charge in [-0.1, -0.05) is 30.3 Å². The summed E-state index contributed by atoms with van der Waals surface area (Å²) >= 11 is 0. The largest absolute Gasteiger partial charge is 0.508 e. The molecular weight excluding hydrogens is 430 g/mol. The lowest BCUT2D eigenvalue weighted by atomic mass is 10.0. The number of nitrogen functional groups attached to an aromatic ring is 1. The van der Waals surface area contributed by atoms with Crippen LogP contribution < -0.4 is 16.4 Å². The number of rotatable bonds is 9. The van der Waals surface area contributed by atoms with E-state index >= 15 is 0 Å². The Kier molecular flexibility index (Phi) is 6.56. The van der Waals surface area contributed by atoms with Crippen molar-refractivity contribution < 1.29 is 10.2 Å². The standard InChI is InChI=1S/C25H31N7O2/c1-16(12-25(2,3)34)29-24-30-22(27-13-18-11-19(26)9-10-20(18)33)21-23(31-24)32(15-28-21)14-17-7-5-4-6-8-17/h4-11,15-16,33-34H,12-14,26H2,1-3H3,(H2,27,29,30,31). The van der Waals surface area contributed by atoms with E-state index in [9.17, 15) is 10.2 Å². The summed E-state index contributed by atoms with van der Waals surface area (Å²) in [5.41, 5.74) is 8.71. The first-order valence-corrected chi connectivity index (χ1v) is 11.2. The molecule has 0 radical (unpaired) electrons. The zero-order valence-electron chi connectivity index (χ0n) is 19.7. The predicted molar refractivity (Wildman–Crippen MR) is 135 cm³/mol. The minimum Gasteiger partial charge on any atom is -0.508 e. The van der Waals surface area contributed by atoms with Crippen molar-refractivity contribution in [3.63, 3.8) is 0 Å². The van der Waals surface area contributed by atoms with Gasteiger partial charge < -0.3 is 31.1 Å². The summed E-state index contributed by atoms with van der Waals surface area (Å²) in [4.78, 5) is 14.0. The molecule has 0 saturated carbocycles. The molecule has 2 heterocycles. The summed E-state index contributed by atoms with van der Waals surface area (Å²) in [5.74, 6) is 1.12. The number of nitrogens with zero attached hydrogens (tertiary/aromatic N) is 4. The molecule has 0 aliphatic heterocycles. The Morgan fingerprint density at radius 3 is 2.62 bits per heavy atom. The summed E-state index contributed by atoms with van der Waals surface area (Å²) in [6.07, 6.45) is 2.27. The van der Waals surface area contributed by atoms with Gasteiger partial charge in [0.15, 0.2) is 17.0 Å². The zero-order chi connectivity index (χ0) is 24.3. The van der Waals surface area contributed by atoms with Crippen LogP contribution in [0.2, 0.25) is 0 Å². The molecule has 6 N–H and O–H groups in total. The van der Waals surface area contributed by atoms with Crippen LogP contribution in [0.3, 0.4) is 0 Å². The second kappa shape index (κ2) is 9.56. The maximum atomic E-state index is 10.2. The van der Waals surface area contributed by atoms with Crippen molar-refractivity contribution in [1.29, 1.82) is 0 Å². The fourth-order valence-corrected chi connectivity index (χ4v) is 3.97. The van der Waals surface area contributed by atoms with E-state index in [0.29, 0.717) is 53.7 Å². The first-order valence-electron chi connectivity index (χ1n) is 11.2. The Morgan fingerprint density at radius 1 is 1.12 bits per heavy atom. The summed E-state index contributed by atoms with van der Waals surface area (Å²) in [6.45, 7) is 6.45. The first-order chi connectivity index (χ1) is 16.2. The zero-order valence-corrected chi connectivity index (χ0v) is 19.7. The molecule has 178 valence electrons. The van der Waals surface area contributed by atoms with Crippen LogP contribution in [0.1, 0.15) is 38.3 Å². The number of aromatic hydroxyl groups is 1. The van der Waals surface area contributed by atoms with Gasteiger partial charge in [0.25, 0.3) is 0 Å². The first kappa shape index (κ1) is 23.3. The topological polar surface area (TPSA) is 134 Å². The second-order valence-electron chi connectivity index (χ2n) is 9.23. The van der Waals surface area contributed by atoms with Crippen LogP contribution in [0.25, 0.3) is 11.2 Å². The van der Waals surface area contributed by atoms with Gasteiger partial charge in [-0.2, -0.15) is 9.97 Å². The molecule has 0 aliphatic rings. The average Bonchev–Trinajstić information content (AvgIpc) is 3.16. The van der Waals surface area contributed by atoms with E-state index in [1.807, 2.05) is 29.7 Å². The lowest BCUT2D eigenvalue weighted by molar-refractivity contribution is 0.0672. The number of aliphatic hydroxyl groups is 1. The monoisotopic (exact) mass is 461 g/mol. The highest BCUT2D eigenvalue weighted by Crippen LogP contribution is 2.25. The van der Waals surface area contributed by atoms with Crippen LogP contribution in [0.15, 0.2) is 54.9 Å². The number of imidazole rings is 1. The number of anilines is 3. The molecule has 0 aliphatic carbocycles. The number of nitrogens with two attached hydrogens (primary N) is 1. The molecule has 1 unspecified atom stereocenters. The summed E-state index contributed by atoms with van der Waals surface area (Å²) < 4.78 is 1.97. The summed E-state index contributed by atoms with van der Waals surface area (Å²) in [6, 6.07) is 15.0. The van der Waals surface area contributed by atoms with E-state index in [-0.39, 0.29) is 11.8 Å². The maximum absolute atomic E-state index is 10.2. The number of hydrogen-bond acceptors (Lipinski definition) is 8. The van der Waals surface area contributed by atoms with Gasteiger partial charge in [0, 0.05) is 23.8 Å². The van der Waals surface area contributed by atoms with Crippen LogP contribution in [0.4, 0.5) is 17.5 Å². The smallest absolute Gasteiger partial charge is 0.226 e. The van der Waals surface area contributed by atoms with Gasteiger partial charge in [0.2, 0.25) is 5.95 Å². The highest BCUT2D eigenvalue weighted by molar-refractivity contribution is 5.84. The van der Waals surface area contributed by atoms with Crippen molar-refractivity contribution in [3.05, 3.63) is 66.0 Å². The molecule has 9 heteroatoms. The number of phenolic OH excluding ortho intramolecular Hbond substituents is 1. The van der Waals surface area contributed by atoms with Gasteiger partial charge in [-0.15, -0.1) is 0 Å². The molecule has 4 aromatic rings. The van der Waals surface area contributed by atoms with Gasteiger partial charge in [-0.3, -0.25) is 0 Å². The number of aromatic nitrogens is 4. The normalized spacial score (nSPS) is 12.6. The molecule has 0 fully saturated rings. The summed E-state index contributed by atoms with van der Waals surface area (Å²) in [5, 5.41) is 27.0. The Morgan fingerprint density at radius 2 is 1.88 bits per heavy atom. The lowest BCUT2D eigenvalue weighted by Gasteiger charge is -2.23. The average molecular weight is 462 g/mol. The fourth-order valence-electron chi connectivity index (χ4n) is 3.97. The van der Waals surface area contributed by atoms with Crippen molar-refractivity contribution >= 4 is 28.6 Å². The quantitative estimate of drug-likeness (QED) is 0.188. The Hall–Kier alpha value is -3.85. The Labute approximate surface area is 198 Å². The van der Waals surface area contributed by atoms with Crippen molar-refractivity contribution in [3.8, 4) is 5.75 Å². The van der Waals surface area contributed by atoms with Crippen LogP contribution >= 0.6 is 0 Å². The molecule has 0 saturated heterocycles. The molecular formula is C25H31N7O2. The molecule has 9 nitrogen and oxygen atoms in total. The van der Waals surface area contributed by atoms with E-state index in [1.54, 1.807) is 38.4 Å². The molecule has 2 aromatic carbocycles. The minimum absolute atomic E-state index is 0.0613. The second-order valence-corrected chi connectivity index (χ2v) is 9.23. The van der Waals surface area contributed by atoms with Crippen LogP contribution in [-0.4, -0.2) is 41.4 Å². The van der Waals surface area contributed by atoms with Crippen molar-refractivity contribution in [2.75, 3.05) is 16.4 Å². The molecule has 4 rings (SSSR count). The van der Waals surface area contributed by atoms with E-state index < -0.39 is 5.60 Å². The molecule has 34 heavy (non-hydrogen) atoms. The third-order valence-corrected chi connectivity index (χ3v) is 5.39. The van der Waals surface area contributed by atoms with Gasteiger partial charge in [-0.25, -0.2) is 4.98 Å². The molecule has 0 bridgehead atoms. The van der Waals surface area contributed by atoms with Crippen molar-refractivity contribution in [2.45, 2.75) is 51.9 Å². The van der Waals surface area contributed by atoms with Gasteiger partial charge in [-0.05, 0) is 51.0 Å². The van der Waals surface area contributed by atoms with Crippen molar-refractivity contribution in [2.24, 2.45) is 0 Å². The van der Waals surface area contributed by atoms with Crippen LogP contribution in [-0.2, 0) is 13.1 Å². The van der Waals surface area contributed by atoms with Crippen LogP contribution in [0.5, 0.6) is 5.75 Å². The third-order valence-electron chi connectivity index (χ3n) is 5.39. The number of hydrogen-bond donors (Lipinski definition) is 5. The third kappa shape index (κ3) is 5.74. The molecule has 2 aromatic heterocycles. The highest BCUT2D eigenvalue weighted by atomic mass is 16.3. The van der Waals surface area contributed by atoms with Crippen LogP contribution in [0, 0.1) is 0 Å². The van der Waals surface area contributed by atoms with E-state index in [1.165, 1.54) is 0 Å². The van der Waals surface area contributed by atoms with Gasteiger partial charge in [0.1, 0.15) is 5.75 Å². The number of fused-ring (bicyclic) bond motifs is 1.